The highest BCUT2D eigenvalue weighted by Crippen LogP contribution is 2.28. The minimum atomic E-state index is -0.713. The Hall–Kier alpha value is -0.610. The zero-order valence-electron chi connectivity index (χ0n) is 10.6. The molecule has 4 N–H and O–H groups in total. The lowest BCUT2D eigenvalue weighted by atomic mass is 9.97. The van der Waals surface area contributed by atoms with E-state index < -0.39 is 6.10 Å². The first-order chi connectivity index (χ1) is 7.97. The molecule has 0 fully saturated rings. The van der Waals surface area contributed by atoms with Crippen molar-refractivity contribution in [3.8, 4) is 0 Å². The van der Waals surface area contributed by atoms with E-state index in [2.05, 4.69) is 5.32 Å². The molecule has 0 spiro atoms. The third-order valence-electron chi connectivity index (χ3n) is 3.06. The Morgan fingerprint density at radius 2 is 1.94 bits per heavy atom. The minimum absolute atomic E-state index is 0.304. The minimum Gasteiger partial charge on any atom is -0.387 e. The number of aryl methyl sites for hydroxylation is 2. The highest BCUT2D eigenvalue weighted by atomic mass is 35.5. The predicted molar refractivity (Wildman–Crippen MR) is 72.4 cm³/mol. The summed E-state index contributed by atoms with van der Waals surface area (Å²) in [6.07, 6.45) is -0.00358. The third-order valence-corrected chi connectivity index (χ3v) is 3.39. The van der Waals surface area contributed by atoms with E-state index in [1.807, 2.05) is 33.0 Å². The second kappa shape index (κ2) is 6.36. The van der Waals surface area contributed by atoms with Crippen LogP contribution in [0.15, 0.2) is 12.1 Å². The molecule has 17 heavy (non-hydrogen) atoms. The van der Waals surface area contributed by atoms with E-state index in [-0.39, 0.29) is 6.04 Å². The zero-order valence-corrected chi connectivity index (χ0v) is 11.4. The molecule has 0 amide bonds. The average Bonchev–Trinajstić information content (AvgIpc) is 2.29. The number of nitrogens with two attached hydrogens (primary N) is 1. The Balaban J connectivity index is 2.88. The summed E-state index contributed by atoms with van der Waals surface area (Å²) >= 11 is 6.14. The van der Waals surface area contributed by atoms with Crippen LogP contribution in [0.1, 0.15) is 29.2 Å². The summed E-state index contributed by atoms with van der Waals surface area (Å²) in [7, 11) is 1.86. The molecule has 1 rings (SSSR count). The molecule has 0 radical (unpaired) electrons. The molecule has 2 unspecified atom stereocenters. The van der Waals surface area contributed by atoms with Crippen LogP contribution >= 0.6 is 11.6 Å². The summed E-state index contributed by atoms with van der Waals surface area (Å²) in [5, 5.41) is 13.8. The normalized spacial score (nSPS) is 14.7. The van der Waals surface area contributed by atoms with Gasteiger partial charge in [0.05, 0.1) is 6.10 Å². The molecular weight excluding hydrogens is 236 g/mol. The lowest BCUT2D eigenvalue weighted by Gasteiger charge is -2.21. The Labute approximate surface area is 108 Å². The SMILES string of the molecule is CNCCC(N)C(O)c1cc(C)c(C)cc1Cl. The fourth-order valence-corrected chi connectivity index (χ4v) is 2.06. The molecular formula is C13H21ClN2O. The maximum atomic E-state index is 10.2. The van der Waals surface area contributed by atoms with Gasteiger partial charge >= 0.3 is 0 Å². The number of hydrogen-bond acceptors (Lipinski definition) is 3. The van der Waals surface area contributed by atoms with E-state index in [9.17, 15) is 5.11 Å². The predicted octanol–water partition coefficient (Wildman–Crippen LogP) is 1.93. The average molecular weight is 257 g/mol. The second-order valence-electron chi connectivity index (χ2n) is 4.46. The largest absolute Gasteiger partial charge is 0.387 e. The lowest BCUT2D eigenvalue weighted by molar-refractivity contribution is 0.142. The van der Waals surface area contributed by atoms with Crippen molar-refractivity contribution in [3.63, 3.8) is 0 Å². The van der Waals surface area contributed by atoms with Gasteiger partial charge in [0.1, 0.15) is 0 Å². The van der Waals surface area contributed by atoms with Gasteiger partial charge in [0.25, 0.3) is 0 Å². The van der Waals surface area contributed by atoms with Gasteiger partial charge in [-0.3, -0.25) is 0 Å². The molecule has 0 saturated heterocycles. The van der Waals surface area contributed by atoms with Crippen LogP contribution < -0.4 is 11.1 Å². The molecule has 3 nitrogen and oxygen atoms in total. The fraction of sp³-hybridized carbons (Fsp3) is 0.538. The third kappa shape index (κ3) is 3.68. The molecule has 0 saturated carbocycles. The van der Waals surface area contributed by atoms with E-state index in [0.717, 1.165) is 23.2 Å². The van der Waals surface area contributed by atoms with E-state index in [4.69, 9.17) is 17.3 Å². The fourth-order valence-electron chi connectivity index (χ4n) is 1.73. The van der Waals surface area contributed by atoms with Crippen LogP contribution in [0.4, 0.5) is 0 Å². The van der Waals surface area contributed by atoms with Gasteiger partial charge < -0.3 is 16.2 Å². The van der Waals surface area contributed by atoms with Crippen LogP contribution in [0.2, 0.25) is 5.02 Å². The van der Waals surface area contributed by atoms with Crippen molar-refractivity contribution in [1.82, 2.24) is 5.32 Å². The molecule has 0 bridgehead atoms. The molecule has 1 aromatic rings. The van der Waals surface area contributed by atoms with Crippen LogP contribution in [-0.4, -0.2) is 24.7 Å². The lowest BCUT2D eigenvalue weighted by Crippen LogP contribution is -2.31. The number of rotatable bonds is 5. The summed E-state index contributed by atoms with van der Waals surface area (Å²) in [6, 6.07) is 3.49. The van der Waals surface area contributed by atoms with Gasteiger partial charge in [-0.05, 0) is 51.1 Å². The quantitative estimate of drug-likeness (QED) is 0.755. The number of nitrogens with one attached hydrogen (secondary N) is 1. The standard InChI is InChI=1S/C13H21ClN2O/c1-8-6-10(11(14)7-9(8)2)13(17)12(15)4-5-16-3/h6-7,12-13,16-17H,4-5,15H2,1-3H3. The summed E-state index contributed by atoms with van der Waals surface area (Å²) < 4.78 is 0. The molecule has 96 valence electrons. The van der Waals surface area contributed by atoms with Crippen molar-refractivity contribution in [2.24, 2.45) is 5.73 Å². The molecule has 0 aliphatic rings. The molecule has 1 aromatic carbocycles. The van der Waals surface area contributed by atoms with Crippen molar-refractivity contribution >= 4 is 11.6 Å². The second-order valence-corrected chi connectivity index (χ2v) is 4.87. The number of halogens is 1. The van der Waals surface area contributed by atoms with Gasteiger partial charge in [-0.1, -0.05) is 17.7 Å². The number of aliphatic hydroxyl groups is 1. The zero-order chi connectivity index (χ0) is 13.0. The van der Waals surface area contributed by atoms with E-state index in [0.29, 0.717) is 11.4 Å². The van der Waals surface area contributed by atoms with E-state index >= 15 is 0 Å². The van der Waals surface area contributed by atoms with Crippen LogP contribution in [0.25, 0.3) is 0 Å². The maximum Gasteiger partial charge on any atom is 0.0955 e. The van der Waals surface area contributed by atoms with Gasteiger partial charge in [0, 0.05) is 16.6 Å². The molecule has 0 aliphatic heterocycles. The highest BCUT2D eigenvalue weighted by Gasteiger charge is 2.19. The monoisotopic (exact) mass is 256 g/mol. The summed E-state index contributed by atoms with van der Waals surface area (Å²) in [5.41, 5.74) is 8.90. The van der Waals surface area contributed by atoms with Crippen LogP contribution in [-0.2, 0) is 0 Å². The van der Waals surface area contributed by atoms with E-state index in [1.165, 1.54) is 0 Å². The summed E-state index contributed by atoms with van der Waals surface area (Å²) in [6.45, 7) is 4.78. The number of benzene rings is 1. The molecule has 0 heterocycles. The summed E-state index contributed by atoms with van der Waals surface area (Å²) in [4.78, 5) is 0. The van der Waals surface area contributed by atoms with Crippen molar-refractivity contribution in [2.75, 3.05) is 13.6 Å². The molecule has 0 aromatic heterocycles. The van der Waals surface area contributed by atoms with Crippen LogP contribution in [0, 0.1) is 13.8 Å². The van der Waals surface area contributed by atoms with Crippen molar-refractivity contribution in [2.45, 2.75) is 32.4 Å². The topological polar surface area (TPSA) is 58.3 Å². The highest BCUT2D eigenvalue weighted by molar-refractivity contribution is 6.31. The Bertz CT molecular complexity index is 382. The van der Waals surface area contributed by atoms with Crippen LogP contribution in [0.3, 0.4) is 0 Å². The Morgan fingerprint density at radius 1 is 1.35 bits per heavy atom. The van der Waals surface area contributed by atoms with Gasteiger partial charge in [-0.2, -0.15) is 0 Å². The molecule has 4 heteroatoms. The number of hydrogen-bond donors (Lipinski definition) is 3. The van der Waals surface area contributed by atoms with Gasteiger partial charge in [0.2, 0.25) is 0 Å². The smallest absolute Gasteiger partial charge is 0.0955 e. The van der Waals surface area contributed by atoms with Gasteiger partial charge in [-0.15, -0.1) is 0 Å². The maximum absolute atomic E-state index is 10.2. The molecule has 0 aliphatic carbocycles. The summed E-state index contributed by atoms with van der Waals surface area (Å²) in [5.74, 6) is 0. The Kier molecular flexibility index (Phi) is 5.40. The van der Waals surface area contributed by atoms with Crippen molar-refractivity contribution < 1.29 is 5.11 Å². The first-order valence-corrected chi connectivity index (χ1v) is 6.20. The van der Waals surface area contributed by atoms with Crippen LogP contribution in [0.5, 0.6) is 0 Å². The Morgan fingerprint density at radius 3 is 2.53 bits per heavy atom. The van der Waals surface area contributed by atoms with E-state index in [1.54, 1.807) is 0 Å². The first-order valence-electron chi connectivity index (χ1n) is 5.82. The number of aliphatic hydroxyl groups excluding tert-OH is 1. The van der Waals surface area contributed by atoms with Crippen molar-refractivity contribution in [1.29, 1.82) is 0 Å². The van der Waals surface area contributed by atoms with Gasteiger partial charge in [0.15, 0.2) is 0 Å². The van der Waals surface area contributed by atoms with Gasteiger partial charge in [-0.25, -0.2) is 0 Å². The molecule has 2 atom stereocenters. The first kappa shape index (κ1) is 14.5. The van der Waals surface area contributed by atoms with Crippen molar-refractivity contribution in [3.05, 3.63) is 33.8 Å².